The number of amides is 1. The van der Waals surface area contributed by atoms with Crippen molar-refractivity contribution in [2.24, 2.45) is 5.92 Å². The fraction of sp³-hybridized carbons (Fsp3) is 0.375. The summed E-state index contributed by atoms with van der Waals surface area (Å²) in [5, 5.41) is 12.5. The highest BCUT2D eigenvalue weighted by Gasteiger charge is 2.21. The molecule has 0 aliphatic carbocycles. The second-order valence-corrected chi connectivity index (χ2v) is 5.28. The number of carbonyl (C=O) groups excluding carboxylic acids is 1. The Morgan fingerprint density at radius 1 is 1.36 bits per heavy atom. The van der Waals surface area contributed by atoms with Crippen molar-refractivity contribution in [2.45, 2.75) is 26.3 Å². The Hall–Kier alpha value is -2.50. The molecule has 22 heavy (non-hydrogen) atoms. The average molecular weight is 305 g/mol. The van der Waals surface area contributed by atoms with Crippen molar-refractivity contribution in [3.05, 3.63) is 30.0 Å². The van der Waals surface area contributed by atoms with E-state index in [0.717, 1.165) is 10.9 Å². The van der Waals surface area contributed by atoms with Crippen molar-refractivity contribution in [3.8, 4) is 5.75 Å². The van der Waals surface area contributed by atoms with Crippen LogP contribution in [0.15, 0.2) is 28.9 Å². The Bertz CT molecular complexity index is 691. The minimum atomic E-state index is -0.936. The molecule has 0 radical (unpaired) electrons. The number of aliphatic carboxylic acids is 1. The van der Waals surface area contributed by atoms with Crippen LogP contribution in [-0.2, 0) is 16.0 Å². The maximum Gasteiger partial charge on any atom is 0.308 e. The predicted octanol–water partition coefficient (Wildman–Crippen LogP) is 2.21. The number of rotatable bonds is 6. The zero-order chi connectivity index (χ0) is 16.3. The first kappa shape index (κ1) is 15.9. The third kappa shape index (κ3) is 3.39. The van der Waals surface area contributed by atoms with Gasteiger partial charge in [-0.25, -0.2) is 0 Å². The molecular formula is C16H19NO5. The lowest BCUT2D eigenvalue weighted by molar-refractivity contribution is -0.142. The molecular weight excluding hydrogens is 286 g/mol. The molecule has 1 aromatic heterocycles. The fourth-order valence-electron chi connectivity index (χ4n) is 2.14. The summed E-state index contributed by atoms with van der Waals surface area (Å²) < 4.78 is 10.5. The van der Waals surface area contributed by atoms with E-state index in [0.29, 0.717) is 11.3 Å². The first-order valence-corrected chi connectivity index (χ1v) is 6.98. The molecule has 0 aliphatic rings. The van der Waals surface area contributed by atoms with Crippen molar-refractivity contribution in [1.82, 2.24) is 5.32 Å². The molecule has 1 aromatic carbocycles. The van der Waals surface area contributed by atoms with Crippen LogP contribution in [0, 0.1) is 5.92 Å². The molecule has 6 nitrogen and oxygen atoms in total. The number of carboxylic acids is 1. The topological polar surface area (TPSA) is 88.8 Å². The van der Waals surface area contributed by atoms with E-state index in [4.69, 9.17) is 14.3 Å². The Labute approximate surface area is 128 Å². The van der Waals surface area contributed by atoms with Crippen LogP contribution in [0.2, 0.25) is 0 Å². The Morgan fingerprint density at radius 2 is 2.09 bits per heavy atom. The zero-order valence-corrected chi connectivity index (χ0v) is 12.8. The molecule has 0 aliphatic heterocycles. The van der Waals surface area contributed by atoms with Gasteiger partial charge in [-0.1, -0.05) is 0 Å². The molecule has 0 fully saturated rings. The number of hydrogen-bond acceptors (Lipinski definition) is 4. The van der Waals surface area contributed by atoms with Crippen molar-refractivity contribution < 1.29 is 23.8 Å². The number of benzene rings is 1. The molecule has 0 bridgehead atoms. The maximum absolute atomic E-state index is 12.0. The van der Waals surface area contributed by atoms with Crippen molar-refractivity contribution in [2.75, 3.05) is 7.11 Å². The number of fused-ring (bicyclic) bond motifs is 1. The zero-order valence-electron chi connectivity index (χ0n) is 12.8. The minimum absolute atomic E-state index is 0.135. The van der Waals surface area contributed by atoms with E-state index in [1.54, 1.807) is 33.1 Å². The van der Waals surface area contributed by atoms with Gasteiger partial charge in [-0.3, -0.25) is 9.59 Å². The molecule has 0 saturated heterocycles. The van der Waals surface area contributed by atoms with E-state index in [1.807, 2.05) is 6.07 Å². The molecule has 2 N–H and O–H groups in total. The van der Waals surface area contributed by atoms with Crippen molar-refractivity contribution >= 4 is 22.8 Å². The minimum Gasteiger partial charge on any atom is -0.497 e. The number of hydrogen-bond donors (Lipinski definition) is 2. The van der Waals surface area contributed by atoms with E-state index in [-0.39, 0.29) is 12.3 Å². The summed E-state index contributed by atoms with van der Waals surface area (Å²) in [6, 6.07) is 4.95. The van der Waals surface area contributed by atoms with Crippen LogP contribution in [0.3, 0.4) is 0 Å². The van der Waals surface area contributed by atoms with Crippen LogP contribution < -0.4 is 10.1 Å². The Kier molecular flexibility index (Phi) is 4.70. The molecule has 0 saturated carbocycles. The van der Waals surface area contributed by atoms with Crippen LogP contribution in [0.4, 0.5) is 0 Å². The van der Waals surface area contributed by atoms with Gasteiger partial charge >= 0.3 is 5.97 Å². The number of carbonyl (C=O) groups is 2. The fourth-order valence-corrected chi connectivity index (χ4v) is 2.14. The maximum atomic E-state index is 12.0. The summed E-state index contributed by atoms with van der Waals surface area (Å²) in [6.45, 7) is 3.24. The molecule has 1 heterocycles. The van der Waals surface area contributed by atoms with Crippen molar-refractivity contribution in [3.63, 3.8) is 0 Å². The van der Waals surface area contributed by atoms with Gasteiger partial charge in [0.05, 0.1) is 25.7 Å². The normalized spacial score (nSPS) is 13.6. The summed E-state index contributed by atoms with van der Waals surface area (Å²) in [7, 11) is 1.57. The van der Waals surface area contributed by atoms with E-state index in [2.05, 4.69) is 5.32 Å². The number of methoxy groups -OCH3 is 1. The van der Waals surface area contributed by atoms with E-state index >= 15 is 0 Å². The van der Waals surface area contributed by atoms with Crippen molar-refractivity contribution in [1.29, 1.82) is 0 Å². The van der Waals surface area contributed by atoms with Crippen LogP contribution in [0.1, 0.15) is 19.4 Å². The van der Waals surface area contributed by atoms with Crippen LogP contribution >= 0.6 is 0 Å². The lowest BCUT2D eigenvalue weighted by Gasteiger charge is -2.17. The Balaban J connectivity index is 2.07. The van der Waals surface area contributed by atoms with Gasteiger partial charge in [0.1, 0.15) is 11.3 Å². The third-order valence-corrected chi connectivity index (χ3v) is 3.74. The molecule has 2 atom stereocenters. The van der Waals surface area contributed by atoms with Gasteiger partial charge in [0.2, 0.25) is 5.91 Å². The SMILES string of the molecule is COc1ccc2c(CC(=O)NC(C)C(C)C(=O)O)coc2c1. The molecule has 1 amide bonds. The number of furan rings is 1. The largest absolute Gasteiger partial charge is 0.497 e. The molecule has 0 spiro atoms. The Morgan fingerprint density at radius 3 is 2.73 bits per heavy atom. The highest BCUT2D eigenvalue weighted by Crippen LogP contribution is 2.25. The van der Waals surface area contributed by atoms with Gasteiger partial charge in [-0.05, 0) is 26.0 Å². The molecule has 2 unspecified atom stereocenters. The molecule has 2 aromatic rings. The monoisotopic (exact) mass is 305 g/mol. The molecule has 118 valence electrons. The predicted molar refractivity (Wildman–Crippen MR) is 80.9 cm³/mol. The number of carboxylic acid groups (broad SMARTS) is 1. The first-order chi connectivity index (χ1) is 10.4. The lowest BCUT2D eigenvalue weighted by Crippen LogP contribution is -2.40. The van der Waals surface area contributed by atoms with E-state index in [9.17, 15) is 9.59 Å². The number of nitrogens with one attached hydrogen (secondary N) is 1. The lowest BCUT2D eigenvalue weighted by atomic mass is 10.0. The van der Waals surface area contributed by atoms with Gasteiger partial charge in [0.15, 0.2) is 0 Å². The summed E-state index contributed by atoms with van der Waals surface area (Å²) >= 11 is 0. The highest BCUT2D eigenvalue weighted by molar-refractivity contribution is 5.88. The summed E-state index contributed by atoms with van der Waals surface area (Å²) in [6.07, 6.45) is 1.67. The number of ether oxygens (including phenoxy) is 1. The van der Waals surface area contributed by atoms with Crippen LogP contribution in [0.5, 0.6) is 5.75 Å². The second kappa shape index (κ2) is 6.51. The van der Waals surface area contributed by atoms with Gasteiger partial charge < -0.3 is 19.6 Å². The average Bonchev–Trinajstić information content (AvgIpc) is 2.88. The smallest absolute Gasteiger partial charge is 0.308 e. The van der Waals surface area contributed by atoms with E-state index in [1.165, 1.54) is 6.26 Å². The van der Waals surface area contributed by atoms with Crippen LogP contribution in [-0.4, -0.2) is 30.1 Å². The van der Waals surface area contributed by atoms with Gasteiger partial charge in [-0.2, -0.15) is 0 Å². The standard InChI is InChI=1S/C16H19NO5/c1-9(16(19)20)10(2)17-15(18)6-11-8-22-14-7-12(21-3)4-5-13(11)14/h4-5,7-10H,6H2,1-3H3,(H,17,18)(H,19,20). The first-order valence-electron chi connectivity index (χ1n) is 6.98. The third-order valence-electron chi connectivity index (χ3n) is 3.74. The summed E-state index contributed by atoms with van der Waals surface area (Å²) in [5.74, 6) is -1.14. The molecule has 6 heteroatoms. The summed E-state index contributed by atoms with van der Waals surface area (Å²) in [4.78, 5) is 22.9. The second-order valence-electron chi connectivity index (χ2n) is 5.28. The van der Waals surface area contributed by atoms with Gasteiger partial charge in [0.25, 0.3) is 0 Å². The molecule has 2 rings (SSSR count). The van der Waals surface area contributed by atoms with E-state index < -0.39 is 17.9 Å². The van der Waals surface area contributed by atoms with Gasteiger partial charge in [-0.15, -0.1) is 0 Å². The summed E-state index contributed by atoms with van der Waals surface area (Å²) in [5.41, 5.74) is 1.40. The highest BCUT2D eigenvalue weighted by atomic mass is 16.5. The van der Waals surface area contributed by atoms with Crippen LogP contribution in [0.25, 0.3) is 11.0 Å². The quantitative estimate of drug-likeness (QED) is 0.854. The van der Waals surface area contributed by atoms with Gasteiger partial charge in [0, 0.05) is 23.1 Å².